The maximum atomic E-state index is 5.05. The molecule has 0 unspecified atom stereocenters. The quantitative estimate of drug-likeness (QED) is 0.159. The number of para-hydroxylation sites is 2. The third-order valence-electron chi connectivity index (χ3n) is 14.5. The lowest BCUT2D eigenvalue weighted by atomic mass is 9.99. The minimum Gasteiger partial charge on any atom is -0.317 e. The summed E-state index contributed by atoms with van der Waals surface area (Å²) in [5.41, 5.74) is 14.5. The number of benzene rings is 8. The van der Waals surface area contributed by atoms with E-state index in [9.17, 15) is 0 Å². The molecule has 1 aliphatic carbocycles. The summed E-state index contributed by atoms with van der Waals surface area (Å²) in [5.74, 6) is 2.16. The molecule has 8 aromatic carbocycles. The first-order valence-corrected chi connectivity index (χ1v) is 26.2. The molecular formula is C67H44BrN9. The van der Waals surface area contributed by atoms with Crippen LogP contribution in [-0.4, -0.2) is 43.6 Å². The Morgan fingerprint density at radius 2 is 1.00 bits per heavy atom. The lowest BCUT2D eigenvalue weighted by Crippen LogP contribution is -2.01. The van der Waals surface area contributed by atoms with Crippen LogP contribution in [0, 0.1) is 0 Å². The van der Waals surface area contributed by atoms with Gasteiger partial charge in [-0.3, -0.25) is 14.5 Å². The first-order valence-electron chi connectivity index (χ1n) is 25.5. The van der Waals surface area contributed by atoms with Crippen molar-refractivity contribution in [3.63, 3.8) is 0 Å². The van der Waals surface area contributed by atoms with E-state index >= 15 is 0 Å². The summed E-state index contributed by atoms with van der Waals surface area (Å²) >= 11 is 3.29. The van der Waals surface area contributed by atoms with Gasteiger partial charge in [-0.05, 0) is 158 Å². The van der Waals surface area contributed by atoms with E-state index in [0.717, 1.165) is 50.2 Å². The van der Waals surface area contributed by atoms with Crippen LogP contribution in [0.2, 0.25) is 0 Å². The van der Waals surface area contributed by atoms with E-state index in [4.69, 9.17) is 4.98 Å². The first-order chi connectivity index (χ1) is 38.1. The molecule has 9 nitrogen and oxygen atoms in total. The third kappa shape index (κ3) is 8.37. The number of hydrogen-bond acceptors (Lipinski definition) is 6. The maximum Gasteiger partial charge on any atom is 0.163 e. The molecule has 364 valence electrons. The molecule has 7 heterocycles. The van der Waals surface area contributed by atoms with Gasteiger partial charge in [-0.1, -0.05) is 109 Å². The van der Waals surface area contributed by atoms with Crippen molar-refractivity contribution < 1.29 is 0 Å². The highest BCUT2D eigenvalue weighted by atomic mass is 79.9. The van der Waals surface area contributed by atoms with Crippen molar-refractivity contribution in [3.05, 3.63) is 272 Å². The van der Waals surface area contributed by atoms with Crippen LogP contribution in [0.5, 0.6) is 0 Å². The van der Waals surface area contributed by atoms with Gasteiger partial charge in [-0.25, -0.2) is 19.9 Å². The van der Waals surface area contributed by atoms with Crippen LogP contribution in [0.4, 0.5) is 0 Å². The van der Waals surface area contributed by atoms with Crippen LogP contribution >= 0.6 is 15.9 Å². The predicted octanol–water partition coefficient (Wildman–Crippen LogP) is 16.4. The third-order valence-corrected chi connectivity index (χ3v) is 14.9. The minimum absolute atomic E-state index is 0.652. The summed E-state index contributed by atoms with van der Waals surface area (Å²) in [6, 6.07) is 72.5. The summed E-state index contributed by atoms with van der Waals surface area (Å²) in [4.78, 5) is 26.2. The summed E-state index contributed by atoms with van der Waals surface area (Å²) in [6.45, 7) is 0. The zero-order valence-electron chi connectivity index (χ0n) is 41.4. The number of fused-ring (bicyclic) bond motifs is 12. The first kappa shape index (κ1) is 45.7. The monoisotopic (exact) mass is 1050 g/mol. The number of aromatic nitrogens is 9. The van der Waals surface area contributed by atoms with Gasteiger partial charge in [-0.2, -0.15) is 0 Å². The van der Waals surface area contributed by atoms with Crippen molar-refractivity contribution in [2.24, 2.45) is 0 Å². The second-order valence-electron chi connectivity index (χ2n) is 19.0. The molecule has 7 aromatic heterocycles. The standard InChI is InChI=1S/C33H21N5.C25H17N.C9H6BrN3/c1-2-9-25(10-3-1)37-18-15-23-19-28-27-13-12-22-7-4-5-11-26(22)32(27)38(30(28)20-29(23)37)31-14-17-35-33(36-31)24-8-6-16-34-21-24;1-2-7-20(8-3-1)26-13-12-18-14-23-19(16-25(18)26)15-24-21-9-5-4-6-17(21)10-11-22(23)24;10-8-3-5-12-9(13-8)7-2-1-4-11-6-7/h1-21H;1-14,16H,15H2;1-6H. The average Bonchev–Trinajstić information content (AvgIpc) is 4.46. The summed E-state index contributed by atoms with van der Waals surface area (Å²) < 4.78 is 7.60. The fourth-order valence-corrected chi connectivity index (χ4v) is 11.2. The van der Waals surface area contributed by atoms with Crippen molar-refractivity contribution in [1.29, 1.82) is 0 Å². The van der Waals surface area contributed by atoms with Gasteiger partial charge in [0, 0.05) is 99.0 Å². The average molecular weight is 1060 g/mol. The fraction of sp³-hybridized carbons (Fsp3) is 0.0149. The molecule has 0 radical (unpaired) electrons. The van der Waals surface area contributed by atoms with Crippen molar-refractivity contribution >= 4 is 81.1 Å². The minimum atomic E-state index is 0.652. The lowest BCUT2D eigenvalue weighted by molar-refractivity contribution is 1.04. The van der Waals surface area contributed by atoms with E-state index in [2.05, 4.69) is 231 Å². The molecule has 0 spiro atoms. The van der Waals surface area contributed by atoms with Gasteiger partial charge in [0.25, 0.3) is 0 Å². The Bertz CT molecular complexity index is 4670. The molecule has 1 aliphatic rings. The summed E-state index contributed by atoms with van der Waals surface area (Å²) in [6.07, 6.45) is 15.9. The lowest BCUT2D eigenvalue weighted by Gasteiger charge is -2.11. The van der Waals surface area contributed by atoms with E-state index < -0.39 is 0 Å². The summed E-state index contributed by atoms with van der Waals surface area (Å²) in [7, 11) is 0. The van der Waals surface area contributed by atoms with E-state index in [-0.39, 0.29) is 0 Å². The topological polar surface area (TPSA) is 92.1 Å². The highest BCUT2D eigenvalue weighted by Crippen LogP contribution is 2.43. The highest BCUT2D eigenvalue weighted by Gasteiger charge is 2.23. The second kappa shape index (κ2) is 19.4. The fourth-order valence-electron chi connectivity index (χ4n) is 10.9. The molecule has 16 rings (SSSR count). The number of rotatable bonds is 5. The van der Waals surface area contributed by atoms with E-state index in [1.54, 1.807) is 37.1 Å². The molecule has 0 aliphatic heterocycles. The predicted molar refractivity (Wildman–Crippen MR) is 316 cm³/mol. The Kier molecular flexibility index (Phi) is 11.5. The number of nitrogens with zero attached hydrogens (tertiary/aromatic N) is 9. The Morgan fingerprint density at radius 1 is 0.403 bits per heavy atom. The second-order valence-corrected chi connectivity index (χ2v) is 19.8. The van der Waals surface area contributed by atoms with E-state index in [1.807, 2.05) is 42.6 Å². The Balaban J connectivity index is 0.000000119. The molecule has 0 amide bonds. The van der Waals surface area contributed by atoms with Gasteiger partial charge < -0.3 is 9.13 Å². The van der Waals surface area contributed by atoms with Gasteiger partial charge in [0.15, 0.2) is 11.6 Å². The zero-order chi connectivity index (χ0) is 51.2. The smallest absolute Gasteiger partial charge is 0.163 e. The molecule has 0 atom stereocenters. The van der Waals surface area contributed by atoms with Gasteiger partial charge >= 0.3 is 0 Å². The van der Waals surface area contributed by atoms with Crippen LogP contribution in [0.25, 0.3) is 116 Å². The van der Waals surface area contributed by atoms with Gasteiger partial charge in [0.1, 0.15) is 10.4 Å². The van der Waals surface area contributed by atoms with Crippen LogP contribution in [0.1, 0.15) is 11.1 Å². The normalized spacial score (nSPS) is 11.6. The molecule has 77 heavy (non-hydrogen) atoms. The molecular weight excluding hydrogens is 1010 g/mol. The maximum absolute atomic E-state index is 5.05. The van der Waals surface area contributed by atoms with Gasteiger partial charge in [-0.15, -0.1) is 0 Å². The number of halogens is 1. The van der Waals surface area contributed by atoms with Crippen molar-refractivity contribution in [3.8, 4) is 51.1 Å². The van der Waals surface area contributed by atoms with Gasteiger partial charge in [0.2, 0.25) is 0 Å². The van der Waals surface area contributed by atoms with Crippen molar-refractivity contribution in [1.82, 2.24) is 43.6 Å². The highest BCUT2D eigenvalue weighted by molar-refractivity contribution is 9.10. The van der Waals surface area contributed by atoms with E-state index in [1.165, 1.54) is 76.5 Å². The SMILES string of the molecule is Brc1ccnc(-c2cccnc2)n1.c1ccc(-n2ccc3cc4c(cc32)Cc2c-4ccc3ccccc23)cc1.c1ccc(-n2ccc3cc4c5ccc6ccccc6c5n(-c5ccnc(-c6cccnc6)n5)c4cc32)cc1. The molecule has 0 N–H and O–H groups in total. The van der Waals surface area contributed by atoms with Crippen molar-refractivity contribution in [2.45, 2.75) is 6.42 Å². The molecule has 15 aromatic rings. The van der Waals surface area contributed by atoms with E-state index in [0.29, 0.717) is 11.6 Å². The Labute approximate surface area is 451 Å². The number of pyridine rings is 2. The van der Waals surface area contributed by atoms with Crippen LogP contribution < -0.4 is 0 Å². The van der Waals surface area contributed by atoms with Crippen LogP contribution in [0.15, 0.2) is 260 Å². The van der Waals surface area contributed by atoms with Crippen LogP contribution in [0.3, 0.4) is 0 Å². The molecule has 0 saturated carbocycles. The van der Waals surface area contributed by atoms with Crippen LogP contribution in [-0.2, 0) is 6.42 Å². The number of hydrogen-bond donors (Lipinski definition) is 0. The molecule has 0 saturated heterocycles. The Morgan fingerprint density at radius 3 is 1.68 bits per heavy atom. The molecule has 0 fully saturated rings. The molecule has 10 heteroatoms. The zero-order valence-corrected chi connectivity index (χ0v) is 42.9. The van der Waals surface area contributed by atoms with Gasteiger partial charge in [0.05, 0.1) is 22.1 Å². The largest absolute Gasteiger partial charge is 0.317 e. The Hall–Kier alpha value is -9.90. The molecule has 0 bridgehead atoms. The summed E-state index contributed by atoms with van der Waals surface area (Å²) in [5, 5.41) is 10.0. The van der Waals surface area contributed by atoms with Crippen molar-refractivity contribution in [2.75, 3.05) is 0 Å².